The molecule has 0 spiro atoms. The lowest BCUT2D eigenvalue weighted by atomic mass is 9.95. The van der Waals surface area contributed by atoms with Crippen molar-refractivity contribution < 1.29 is 33.7 Å². The van der Waals surface area contributed by atoms with Crippen LogP contribution in [-0.2, 0) is 20.8 Å². The van der Waals surface area contributed by atoms with Crippen molar-refractivity contribution in [3.8, 4) is 28.4 Å². The molecule has 0 radical (unpaired) electrons. The second kappa shape index (κ2) is 13.9. The summed E-state index contributed by atoms with van der Waals surface area (Å²) in [5.41, 5.74) is 2.62. The first-order valence-corrected chi connectivity index (χ1v) is 14.1. The van der Waals surface area contributed by atoms with E-state index >= 15 is 0 Å². The number of aliphatic carboxylic acids is 1. The predicted octanol–water partition coefficient (Wildman–Crippen LogP) is 2.60. The minimum Gasteiger partial charge on any atom is -0.493 e. The molecule has 0 aliphatic heterocycles. The molecule has 0 bridgehead atoms. The highest BCUT2D eigenvalue weighted by atomic mass is 32.2. The molecule has 2 atom stereocenters. The summed E-state index contributed by atoms with van der Waals surface area (Å²) in [6.07, 6.45) is 3.33. The Morgan fingerprint density at radius 2 is 1.82 bits per heavy atom. The van der Waals surface area contributed by atoms with Crippen molar-refractivity contribution in [1.29, 1.82) is 0 Å². The van der Waals surface area contributed by atoms with Gasteiger partial charge in [0.1, 0.15) is 12.6 Å². The first-order chi connectivity index (χ1) is 19.1. The SMILES string of the molecule is COc1cc2c(c(OC)c1OC)-c1ccc(N[C@H](CCSC)C(=O)NCC(=O)O)c(=O)cc1[C@H](NC(C)=O)CC2. The fourth-order valence-electron chi connectivity index (χ4n) is 4.81. The maximum atomic E-state index is 13.5. The average molecular weight is 574 g/mol. The van der Waals surface area contributed by atoms with Crippen LogP contribution in [0.15, 0.2) is 29.1 Å². The van der Waals surface area contributed by atoms with Crippen LogP contribution in [0.3, 0.4) is 0 Å². The third-order valence-corrected chi connectivity index (χ3v) is 7.23. The van der Waals surface area contributed by atoms with Gasteiger partial charge >= 0.3 is 5.97 Å². The molecule has 2 aromatic carbocycles. The molecule has 2 amide bonds. The molecule has 0 unspecified atom stereocenters. The normalized spacial score (nSPS) is 14.5. The summed E-state index contributed by atoms with van der Waals surface area (Å²) in [7, 11) is 4.57. The summed E-state index contributed by atoms with van der Waals surface area (Å²) < 4.78 is 17.0. The average Bonchev–Trinajstić information content (AvgIpc) is 3.16. The Labute approximate surface area is 237 Å². The number of carbonyl (C=O) groups excluding carboxylic acids is 2. The van der Waals surface area contributed by atoms with E-state index in [1.165, 1.54) is 46.1 Å². The van der Waals surface area contributed by atoms with Crippen molar-refractivity contribution in [3.05, 3.63) is 45.6 Å². The van der Waals surface area contributed by atoms with Crippen LogP contribution in [0.2, 0.25) is 0 Å². The van der Waals surface area contributed by atoms with E-state index in [9.17, 15) is 19.2 Å². The van der Waals surface area contributed by atoms with Crippen molar-refractivity contribution in [2.45, 2.75) is 38.3 Å². The highest BCUT2D eigenvalue weighted by Crippen LogP contribution is 2.50. The van der Waals surface area contributed by atoms with Gasteiger partial charge in [0.25, 0.3) is 0 Å². The Balaban J connectivity index is 2.21. The fourth-order valence-corrected chi connectivity index (χ4v) is 5.28. The zero-order chi connectivity index (χ0) is 29.4. The van der Waals surface area contributed by atoms with Crippen molar-refractivity contribution in [2.75, 3.05) is 45.2 Å². The highest BCUT2D eigenvalue weighted by molar-refractivity contribution is 7.98. The van der Waals surface area contributed by atoms with Gasteiger partial charge < -0.3 is 35.3 Å². The molecule has 0 fully saturated rings. The molecular formula is C28H35N3O8S. The quantitative estimate of drug-likeness (QED) is 0.298. The van der Waals surface area contributed by atoms with Crippen LogP contribution in [0.5, 0.6) is 17.2 Å². The summed E-state index contributed by atoms with van der Waals surface area (Å²) >= 11 is 1.53. The Morgan fingerprint density at radius 3 is 2.42 bits per heavy atom. The number of hydrogen-bond acceptors (Lipinski definition) is 9. The number of aryl methyl sites for hydroxylation is 1. The third kappa shape index (κ3) is 6.98. The lowest BCUT2D eigenvalue weighted by Crippen LogP contribution is -2.42. The minimum atomic E-state index is -1.17. The van der Waals surface area contributed by atoms with Crippen LogP contribution < -0.4 is 35.6 Å². The van der Waals surface area contributed by atoms with Crippen LogP contribution in [-0.4, -0.2) is 68.8 Å². The van der Waals surface area contributed by atoms with Crippen LogP contribution >= 0.6 is 11.8 Å². The van der Waals surface area contributed by atoms with Crippen LogP contribution in [0.1, 0.15) is 36.9 Å². The number of hydrogen-bond donors (Lipinski definition) is 4. The van der Waals surface area contributed by atoms with E-state index in [1.807, 2.05) is 12.3 Å². The number of amides is 2. The largest absolute Gasteiger partial charge is 0.493 e. The van der Waals surface area contributed by atoms with Gasteiger partial charge in [-0.05, 0) is 66.2 Å². The fraction of sp³-hybridized carbons (Fsp3) is 0.429. The van der Waals surface area contributed by atoms with Crippen molar-refractivity contribution in [3.63, 3.8) is 0 Å². The molecule has 12 heteroatoms. The Hall–Kier alpha value is -3.93. The van der Waals surface area contributed by atoms with Gasteiger partial charge in [0.05, 0.1) is 33.1 Å². The van der Waals surface area contributed by atoms with Gasteiger partial charge in [0.2, 0.25) is 23.0 Å². The monoisotopic (exact) mass is 573 g/mol. The molecule has 0 aromatic heterocycles. The van der Waals surface area contributed by atoms with E-state index in [4.69, 9.17) is 19.3 Å². The molecule has 216 valence electrons. The molecule has 40 heavy (non-hydrogen) atoms. The van der Waals surface area contributed by atoms with E-state index in [-0.39, 0.29) is 17.0 Å². The Kier molecular flexibility index (Phi) is 10.7. The molecule has 0 saturated heterocycles. The van der Waals surface area contributed by atoms with Gasteiger partial charge in [-0.1, -0.05) is 6.07 Å². The van der Waals surface area contributed by atoms with E-state index in [2.05, 4.69) is 16.0 Å². The van der Waals surface area contributed by atoms with Crippen LogP contribution in [0.4, 0.5) is 5.69 Å². The second-order valence-corrected chi connectivity index (χ2v) is 10.2. The zero-order valence-electron chi connectivity index (χ0n) is 23.2. The smallest absolute Gasteiger partial charge is 0.322 e. The first kappa shape index (κ1) is 30.6. The number of thioether (sulfide) groups is 1. The standard InChI is InChI=1S/C28H35N3O8S/c1-15(32)30-19-8-6-16-12-23(37-2)26(38-3)27(39-4)25(16)17-7-9-20(22(33)13-18(17)19)31-21(10-11-40-5)28(36)29-14-24(34)35/h7,9,12-13,19,21H,6,8,10-11,14H2,1-5H3,(H,29,36)(H,30,32)(H,31,33)(H,34,35)/t19-,21-/m1/s1. The van der Waals surface area contributed by atoms with Crippen molar-refractivity contribution in [1.82, 2.24) is 10.6 Å². The summed E-state index contributed by atoms with van der Waals surface area (Å²) in [5.74, 6) is -0.00228. The minimum absolute atomic E-state index is 0.159. The number of fused-ring (bicyclic) bond motifs is 3. The van der Waals surface area contributed by atoms with Crippen LogP contribution in [0.25, 0.3) is 11.1 Å². The predicted molar refractivity (Wildman–Crippen MR) is 154 cm³/mol. The number of methoxy groups -OCH3 is 3. The highest BCUT2D eigenvalue weighted by Gasteiger charge is 2.30. The Morgan fingerprint density at radius 1 is 1.10 bits per heavy atom. The van der Waals surface area contributed by atoms with Gasteiger partial charge in [0, 0.05) is 12.5 Å². The second-order valence-electron chi connectivity index (χ2n) is 9.19. The van der Waals surface area contributed by atoms with E-state index in [0.717, 1.165) is 5.56 Å². The number of ether oxygens (including phenoxy) is 3. The van der Waals surface area contributed by atoms with Gasteiger partial charge in [0.15, 0.2) is 11.5 Å². The van der Waals surface area contributed by atoms with E-state index < -0.39 is 30.5 Å². The van der Waals surface area contributed by atoms with Crippen LogP contribution in [0, 0.1) is 0 Å². The molecule has 3 rings (SSSR count). The van der Waals surface area contributed by atoms with Crippen molar-refractivity contribution in [2.24, 2.45) is 0 Å². The number of carboxylic acids is 1. The number of nitrogens with one attached hydrogen (secondary N) is 3. The lowest BCUT2D eigenvalue weighted by molar-refractivity contribution is -0.138. The number of carboxylic acid groups (broad SMARTS) is 1. The van der Waals surface area contributed by atoms with E-state index in [0.29, 0.717) is 59.0 Å². The first-order valence-electron chi connectivity index (χ1n) is 12.7. The topological polar surface area (TPSA) is 152 Å². The molecule has 11 nitrogen and oxygen atoms in total. The van der Waals surface area contributed by atoms with Gasteiger partial charge in [-0.25, -0.2) is 0 Å². The number of anilines is 1. The summed E-state index contributed by atoms with van der Waals surface area (Å²) in [4.78, 5) is 49.4. The molecule has 1 aliphatic rings. The Bertz CT molecular complexity index is 1330. The van der Waals surface area contributed by atoms with Crippen molar-refractivity contribution >= 4 is 35.2 Å². The maximum Gasteiger partial charge on any atom is 0.322 e. The molecule has 0 heterocycles. The summed E-state index contributed by atoms with van der Waals surface area (Å²) in [6, 6.07) is 5.37. The van der Waals surface area contributed by atoms with E-state index in [1.54, 1.807) is 12.1 Å². The number of rotatable bonds is 12. The van der Waals surface area contributed by atoms with Gasteiger partial charge in [-0.15, -0.1) is 0 Å². The molecular weight excluding hydrogens is 538 g/mol. The maximum absolute atomic E-state index is 13.5. The number of carbonyl (C=O) groups is 3. The van der Waals surface area contributed by atoms with Gasteiger partial charge in [-0.3, -0.25) is 19.2 Å². The number of benzene rings is 1. The summed E-state index contributed by atoms with van der Waals surface area (Å²) in [6.45, 7) is 0.891. The molecule has 2 aromatic rings. The zero-order valence-corrected chi connectivity index (χ0v) is 24.0. The molecule has 0 saturated carbocycles. The molecule has 1 aliphatic carbocycles. The lowest BCUT2D eigenvalue weighted by Gasteiger charge is -2.19. The van der Waals surface area contributed by atoms with Gasteiger partial charge in [-0.2, -0.15) is 11.8 Å². The summed E-state index contributed by atoms with van der Waals surface area (Å²) in [5, 5.41) is 17.3. The third-order valence-electron chi connectivity index (χ3n) is 6.59. The molecule has 4 N–H and O–H groups in total.